The van der Waals surface area contributed by atoms with Crippen molar-refractivity contribution in [3.63, 3.8) is 0 Å². The predicted molar refractivity (Wildman–Crippen MR) is 195 cm³/mol. The van der Waals surface area contributed by atoms with Gasteiger partial charge in [0.2, 0.25) is 0 Å². The van der Waals surface area contributed by atoms with Crippen molar-refractivity contribution in [1.82, 2.24) is 0 Å². The van der Waals surface area contributed by atoms with E-state index in [9.17, 15) is 9.59 Å². The maximum atomic E-state index is 12.6. The van der Waals surface area contributed by atoms with Crippen molar-refractivity contribution in [2.45, 2.75) is 194 Å². The second-order valence-corrected chi connectivity index (χ2v) is 14.1. The molecular formula is C40H69BrO4. The van der Waals surface area contributed by atoms with Gasteiger partial charge >= 0.3 is 11.9 Å². The number of carbonyl (C=O) groups excluding carboxylic acids is 2. The van der Waals surface area contributed by atoms with Crippen LogP contribution in [0, 0.1) is 0 Å². The molecule has 260 valence electrons. The van der Waals surface area contributed by atoms with E-state index >= 15 is 0 Å². The maximum absolute atomic E-state index is 12.6. The second kappa shape index (κ2) is 31.3. The van der Waals surface area contributed by atoms with Gasteiger partial charge in [-0.05, 0) is 31.0 Å². The highest BCUT2D eigenvalue weighted by atomic mass is 79.9. The number of carbonyl (C=O) groups is 2. The van der Waals surface area contributed by atoms with Gasteiger partial charge in [-0.15, -0.1) is 0 Å². The van der Waals surface area contributed by atoms with E-state index in [0.717, 1.165) is 25.7 Å². The number of esters is 2. The Kier molecular flexibility index (Phi) is 28.9. The first-order valence-electron chi connectivity index (χ1n) is 19.2. The third kappa shape index (κ3) is 25.4. The summed E-state index contributed by atoms with van der Waals surface area (Å²) in [5.41, 5.74) is 0.774. The van der Waals surface area contributed by atoms with Crippen LogP contribution < -0.4 is 0 Å². The van der Waals surface area contributed by atoms with Crippen molar-refractivity contribution in [2.75, 3.05) is 13.2 Å². The lowest BCUT2D eigenvalue weighted by Crippen LogP contribution is -2.10. The smallest absolute Gasteiger partial charge is 0.338 e. The fourth-order valence-corrected chi connectivity index (χ4v) is 6.41. The molecule has 0 amide bonds. The molecule has 0 radical (unpaired) electrons. The van der Waals surface area contributed by atoms with Crippen molar-refractivity contribution < 1.29 is 19.1 Å². The molecule has 0 aliphatic carbocycles. The van der Waals surface area contributed by atoms with E-state index in [2.05, 4.69) is 29.8 Å². The van der Waals surface area contributed by atoms with Gasteiger partial charge in [-0.2, -0.15) is 0 Å². The molecule has 0 saturated heterocycles. The van der Waals surface area contributed by atoms with Crippen LogP contribution in [-0.2, 0) is 9.47 Å². The molecule has 0 aromatic heterocycles. The van der Waals surface area contributed by atoms with Gasteiger partial charge in [0.25, 0.3) is 0 Å². The molecule has 0 atom stereocenters. The van der Waals surface area contributed by atoms with Crippen LogP contribution in [0.25, 0.3) is 0 Å². The van der Waals surface area contributed by atoms with Crippen molar-refractivity contribution >= 4 is 27.9 Å². The van der Waals surface area contributed by atoms with E-state index < -0.39 is 0 Å². The monoisotopic (exact) mass is 692 g/mol. The quantitative estimate of drug-likeness (QED) is 0.0557. The van der Waals surface area contributed by atoms with Crippen molar-refractivity contribution in [2.24, 2.45) is 0 Å². The Morgan fingerprint density at radius 1 is 0.422 bits per heavy atom. The van der Waals surface area contributed by atoms with Gasteiger partial charge in [-0.3, -0.25) is 0 Å². The Morgan fingerprint density at radius 3 is 0.933 bits per heavy atom. The first-order valence-corrected chi connectivity index (χ1v) is 20.0. The van der Waals surface area contributed by atoms with Crippen LogP contribution in [-0.4, -0.2) is 25.2 Å². The molecule has 0 aliphatic heterocycles. The molecule has 4 nitrogen and oxygen atoms in total. The molecule has 1 aromatic carbocycles. The zero-order chi connectivity index (χ0) is 32.6. The van der Waals surface area contributed by atoms with E-state index in [-0.39, 0.29) is 11.9 Å². The van der Waals surface area contributed by atoms with Crippen LogP contribution in [0.3, 0.4) is 0 Å². The molecule has 0 saturated carbocycles. The number of ether oxygens (including phenoxy) is 2. The number of unbranched alkanes of at least 4 members (excludes halogenated alkanes) is 26. The van der Waals surface area contributed by atoms with Crippen LogP contribution in [0.15, 0.2) is 22.7 Å². The fourth-order valence-electron chi connectivity index (χ4n) is 5.91. The standard InChI is InChI=1S/C40H69BrO4/c1-3-5-7-9-11-13-15-17-19-21-23-25-27-29-31-44-39(42)36-33-37(35-38(41)34-36)40(43)45-32-30-28-26-24-22-20-18-16-14-12-10-8-6-4-2/h33-35H,3-32H2,1-2H3. The van der Waals surface area contributed by atoms with E-state index in [4.69, 9.17) is 9.47 Å². The zero-order valence-electron chi connectivity index (χ0n) is 29.5. The highest BCUT2D eigenvalue weighted by Crippen LogP contribution is 2.19. The van der Waals surface area contributed by atoms with Crippen molar-refractivity contribution in [1.29, 1.82) is 0 Å². The maximum Gasteiger partial charge on any atom is 0.338 e. The van der Waals surface area contributed by atoms with Gasteiger partial charge in [0.15, 0.2) is 0 Å². The number of hydrogen-bond donors (Lipinski definition) is 0. The fraction of sp³-hybridized carbons (Fsp3) is 0.800. The predicted octanol–water partition coefficient (Wildman–Crippen LogP) is 13.7. The molecule has 1 rings (SSSR count). The lowest BCUT2D eigenvalue weighted by molar-refractivity contribution is 0.0496. The third-order valence-corrected chi connectivity index (χ3v) is 9.29. The molecule has 0 aliphatic rings. The average molecular weight is 694 g/mol. The van der Waals surface area contributed by atoms with Gasteiger partial charge in [0.05, 0.1) is 24.3 Å². The van der Waals surface area contributed by atoms with E-state index in [1.54, 1.807) is 18.2 Å². The lowest BCUT2D eigenvalue weighted by Gasteiger charge is -2.09. The molecule has 0 unspecified atom stereocenters. The summed E-state index contributed by atoms with van der Waals surface area (Å²) in [4.78, 5) is 25.2. The molecule has 0 heterocycles. The Bertz CT molecular complexity index is 775. The first-order chi connectivity index (χ1) is 22.1. The molecule has 0 N–H and O–H groups in total. The topological polar surface area (TPSA) is 52.6 Å². The van der Waals surface area contributed by atoms with Gasteiger partial charge in [0.1, 0.15) is 0 Å². The van der Waals surface area contributed by atoms with Crippen LogP contribution >= 0.6 is 15.9 Å². The van der Waals surface area contributed by atoms with Gasteiger partial charge in [-0.1, -0.05) is 197 Å². The summed E-state index contributed by atoms with van der Waals surface area (Å²) in [6.07, 6.45) is 36.3. The molecule has 0 fully saturated rings. The zero-order valence-corrected chi connectivity index (χ0v) is 31.0. The van der Waals surface area contributed by atoms with E-state index in [1.807, 2.05) is 0 Å². The Morgan fingerprint density at radius 2 is 0.667 bits per heavy atom. The summed E-state index contributed by atoms with van der Waals surface area (Å²) >= 11 is 3.43. The molecule has 0 bridgehead atoms. The Hall–Kier alpha value is -1.36. The summed E-state index contributed by atoms with van der Waals surface area (Å²) in [6, 6.07) is 5.00. The van der Waals surface area contributed by atoms with E-state index in [0.29, 0.717) is 28.8 Å². The number of benzene rings is 1. The second-order valence-electron chi connectivity index (χ2n) is 13.2. The highest BCUT2D eigenvalue weighted by molar-refractivity contribution is 9.10. The number of hydrogen-bond acceptors (Lipinski definition) is 4. The SMILES string of the molecule is CCCCCCCCCCCCCCCCOC(=O)c1cc(Br)cc(C(=O)OCCCCCCCCCCCCCCCC)c1. The van der Waals surface area contributed by atoms with Crippen LogP contribution in [0.1, 0.15) is 214 Å². The minimum Gasteiger partial charge on any atom is -0.462 e. The number of halogens is 1. The van der Waals surface area contributed by atoms with Gasteiger partial charge < -0.3 is 9.47 Å². The molecule has 0 spiro atoms. The summed E-state index contributed by atoms with van der Waals surface area (Å²) in [7, 11) is 0. The van der Waals surface area contributed by atoms with Crippen LogP contribution in [0.2, 0.25) is 0 Å². The molecule has 1 aromatic rings. The normalized spacial score (nSPS) is 11.2. The average Bonchev–Trinajstić information content (AvgIpc) is 3.04. The number of rotatable bonds is 32. The van der Waals surface area contributed by atoms with Crippen LogP contribution in [0.5, 0.6) is 0 Å². The van der Waals surface area contributed by atoms with E-state index in [1.165, 1.54) is 154 Å². The van der Waals surface area contributed by atoms with Crippen molar-refractivity contribution in [3.8, 4) is 0 Å². The largest absolute Gasteiger partial charge is 0.462 e. The van der Waals surface area contributed by atoms with Gasteiger partial charge in [-0.25, -0.2) is 9.59 Å². The lowest BCUT2D eigenvalue weighted by atomic mass is 10.0. The van der Waals surface area contributed by atoms with Gasteiger partial charge in [0, 0.05) is 4.47 Å². The molecule has 5 heteroatoms. The third-order valence-electron chi connectivity index (χ3n) is 8.83. The van der Waals surface area contributed by atoms with Crippen LogP contribution in [0.4, 0.5) is 0 Å². The first kappa shape index (κ1) is 41.7. The summed E-state index contributed by atoms with van der Waals surface area (Å²) in [6.45, 7) is 5.38. The highest BCUT2D eigenvalue weighted by Gasteiger charge is 2.14. The summed E-state index contributed by atoms with van der Waals surface area (Å²) in [5.74, 6) is -0.765. The molecule has 45 heavy (non-hydrogen) atoms. The minimum absolute atomic E-state index is 0.382. The molecular weight excluding hydrogens is 624 g/mol. The summed E-state index contributed by atoms with van der Waals surface area (Å²) < 4.78 is 11.7. The van der Waals surface area contributed by atoms with Crippen molar-refractivity contribution in [3.05, 3.63) is 33.8 Å². The Labute approximate surface area is 286 Å². The summed E-state index contributed by atoms with van der Waals surface area (Å²) in [5, 5.41) is 0. The Balaban J connectivity index is 2.05. The minimum atomic E-state index is -0.382.